The molecule has 6 nitrogen and oxygen atoms in total. The van der Waals surface area contributed by atoms with E-state index < -0.39 is 18.5 Å². The normalized spacial score (nSPS) is 10.5. The Morgan fingerprint density at radius 3 is 2.41 bits per heavy atom. The molecule has 1 aromatic heterocycles. The van der Waals surface area contributed by atoms with Crippen LogP contribution in [-0.2, 0) is 20.7 Å². The number of carbonyl (C=O) groups is 3. The smallest absolute Gasteiger partial charge is 0.348 e. The molecule has 1 heterocycles. The Balaban J connectivity index is 1.86. The van der Waals surface area contributed by atoms with Crippen LogP contribution in [0.3, 0.4) is 0 Å². The highest BCUT2D eigenvalue weighted by Crippen LogP contribution is 2.23. The lowest BCUT2D eigenvalue weighted by atomic mass is 10.1. The van der Waals surface area contributed by atoms with Gasteiger partial charge < -0.3 is 15.0 Å². The van der Waals surface area contributed by atoms with Gasteiger partial charge in [-0.05, 0) is 49.9 Å². The van der Waals surface area contributed by atoms with Gasteiger partial charge in [0.05, 0.1) is 6.54 Å². The number of para-hydroxylation sites is 1. The number of carbonyl (C=O) groups excluding carboxylic acids is 3. The number of hydrogen-bond donors (Lipinski definition) is 1. The second-order valence-corrected chi connectivity index (χ2v) is 8.34. The van der Waals surface area contributed by atoms with Crippen molar-refractivity contribution in [2.45, 2.75) is 40.5 Å². The zero-order valence-corrected chi connectivity index (χ0v) is 18.4. The topological polar surface area (TPSA) is 75.7 Å². The van der Waals surface area contributed by atoms with Crippen LogP contribution in [0.1, 0.15) is 44.6 Å². The van der Waals surface area contributed by atoms with Gasteiger partial charge >= 0.3 is 5.97 Å². The lowest BCUT2D eigenvalue weighted by molar-refractivity contribution is -0.136. The van der Waals surface area contributed by atoms with E-state index in [9.17, 15) is 14.4 Å². The minimum Gasteiger partial charge on any atom is -0.451 e. The van der Waals surface area contributed by atoms with E-state index in [1.807, 2.05) is 45.0 Å². The first-order chi connectivity index (χ1) is 13.7. The first kappa shape index (κ1) is 22.6. The Morgan fingerprint density at radius 1 is 1.14 bits per heavy atom. The van der Waals surface area contributed by atoms with Crippen LogP contribution in [0.25, 0.3) is 0 Å². The van der Waals surface area contributed by atoms with E-state index in [2.05, 4.69) is 12.2 Å². The highest BCUT2D eigenvalue weighted by Gasteiger charge is 2.18. The second kappa shape index (κ2) is 10.2. The molecule has 0 aliphatic rings. The molecule has 0 aliphatic carbocycles. The summed E-state index contributed by atoms with van der Waals surface area (Å²) in [5.74, 6) is -1.25. The highest BCUT2D eigenvalue weighted by molar-refractivity contribution is 7.14. The number of ether oxygens (including phenoxy) is 1. The third kappa shape index (κ3) is 6.15. The lowest BCUT2D eigenvalue weighted by Gasteiger charge is -2.18. The minimum atomic E-state index is -0.512. The van der Waals surface area contributed by atoms with Crippen LogP contribution in [0.5, 0.6) is 0 Å². The van der Waals surface area contributed by atoms with Crippen LogP contribution in [0.2, 0.25) is 0 Å². The first-order valence-electron chi connectivity index (χ1n) is 9.59. The van der Waals surface area contributed by atoms with Crippen LogP contribution in [0, 0.1) is 20.8 Å². The van der Waals surface area contributed by atoms with E-state index >= 15 is 0 Å². The van der Waals surface area contributed by atoms with E-state index in [0.717, 1.165) is 40.1 Å². The Morgan fingerprint density at radius 2 is 1.79 bits per heavy atom. The van der Waals surface area contributed by atoms with Crippen LogP contribution >= 0.6 is 11.3 Å². The third-order valence-electron chi connectivity index (χ3n) is 4.62. The maximum Gasteiger partial charge on any atom is 0.348 e. The number of aryl methyl sites for hydroxylation is 4. The molecule has 7 heteroatoms. The fraction of sp³-hybridized carbons (Fsp3) is 0.409. The molecule has 2 aromatic rings. The van der Waals surface area contributed by atoms with Gasteiger partial charge in [0.25, 0.3) is 5.91 Å². The number of thiophene rings is 1. The molecule has 1 aromatic carbocycles. The Bertz CT molecular complexity index is 884. The predicted octanol–water partition coefficient (Wildman–Crippen LogP) is 3.88. The molecule has 0 unspecified atom stereocenters. The van der Waals surface area contributed by atoms with Crippen LogP contribution < -0.4 is 5.32 Å². The third-order valence-corrected chi connectivity index (χ3v) is 5.69. The number of rotatable bonds is 8. The first-order valence-corrected chi connectivity index (χ1v) is 10.4. The summed E-state index contributed by atoms with van der Waals surface area (Å²) in [6.07, 6.45) is 1.91. The van der Waals surface area contributed by atoms with Gasteiger partial charge in [-0.3, -0.25) is 9.59 Å². The zero-order chi connectivity index (χ0) is 21.6. The largest absolute Gasteiger partial charge is 0.451 e. The Labute approximate surface area is 175 Å². The molecule has 2 rings (SSSR count). The van der Waals surface area contributed by atoms with Gasteiger partial charge in [-0.1, -0.05) is 31.5 Å². The molecule has 2 amide bonds. The number of likely N-dealkylation sites (N-methyl/N-ethyl adjacent to an activating group) is 1. The number of anilines is 1. The number of nitrogens with zero attached hydrogens (tertiary/aromatic N) is 1. The average molecular weight is 417 g/mol. The molecule has 0 fully saturated rings. The maximum atomic E-state index is 12.3. The SMILES string of the molecule is CCCc1cc(C(=O)OCC(=O)N(C)CC(=O)Nc2c(C)cccc2C)sc1C. The van der Waals surface area contributed by atoms with Crippen molar-refractivity contribution in [2.75, 3.05) is 25.5 Å². The molecule has 29 heavy (non-hydrogen) atoms. The number of hydrogen-bond acceptors (Lipinski definition) is 5. The Hall–Kier alpha value is -2.67. The second-order valence-electron chi connectivity index (χ2n) is 7.08. The molecule has 156 valence electrons. The molecule has 0 spiro atoms. The van der Waals surface area contributed by atoms with E-state index in [1.165, 1.54) is 23.3 Å². The predicted molar refractivity (Wildman–Crippen MR) is 116 cm³/mol. The Kier molecular flexibility index (Phi) is 7.96. The summed E-state index contributed by atoms with van der Waals surface area (Å²) >= 11 is 1.37. The molecular weight excluding hydrogens is 388 g/mol. The zero-order valence-electron chi connectivity index (χ0n) is 17.6. The number of nitrogens with one attached hydrogen (secondary N) is 1. The highest BCUT2D eigenvalue weighted by atomic mass is 32.1. The van der Waals surface area contributed by atoms with Crippen molar-refractivity contribution in [3.63, 3.8) is 0 Å². The summed E-state index contributed by atoms with van der Waals surface area (Å²) in [4.78, 5) is 39.6. The summed E-state index contributed by atoms with van der Waals surface area (Å²) < 4.78 is 5.14. The van der Waals surface area contributed by atoms with E-state index in [4.69, 9.17) is 4.74 Å². The van der Waals surface area contributed by atoms with Gasteiger partial charge in [-0.25, -0.2) is 4.79 Å². The van der Waals surface area contributed by atoms with Crippen LogP contribution in [0.15, 0.2) is 24.3 Å². The molecule has 0 saturated heterocycles. The summed E-state index contributed by atoms with van der Waals surface area (Å²) in [6, 6.07) is 7.58. The van der Waals surface area contributed by atoms with Gasteiger partial charge in [-0.2, -0.15) is 0 Å². The van der Waals surface area contributed by atoms with Crippen molar-refractivity contribution >= 4 is 34.8 Å². The maximum absolute atomic E-state index is 12.3. The fourth-order valence-corrected chi connectivity index (χ4v) is 3.91. The van der Waals surface area contributed by atoms with Gasteiger partial charge in [-0.15, -0.1) is 11.3 Å². The number of benzene rings is 1. The number of esters is 1. The van der Waals surface area contributed by atoms with Crippen molar-refractivity contribution < 1.29 is 19.1 Å². The lowest BCUT2D eigenvalue weighted by Crippen LogP contribution is -2.37. The van der Waals surface area contributed by atoms with Crippen molar-refractivity contribution in [3.05, 3.63) is 50.7 Å². The molecule has 0 atom stereocenters. The molecule has 0 bridgehead atoms. The van der Waals surface area contributed by atoms with Crippen molar-refractivity contribution in [1.29, 1.82) is 0 Å². The molecule has 1 N–H and O–H groups in total. The summed E-state index contributed by atoms with van der Waals surface area (Å²) in [5, 5.41) is 2.84. The van der Waals surface area contributed by atoms with E-state index in [-0.39, 0.29) is 12.5 Å². The molecule has 0 aliphatic heterocycles. The quantitative estimate of drug-likeness (QED) is 0.663. The van der Waals surface area contributed by atoms with Gasteiger partial charge in [0.2, 0.25) is 5.91 Å². The van der Waals surface area contributed by atoms with Crippen LogP contribution in [-0.4, -0.2) is 42.9 Å². The van der Waals surface area contributed by atoms with Gasteiger partial charge in [0.1, 0.15) is 4.88 Å². The van der Waals surface area contributed by atoms with Crippen molar-refractivity contribution in [2.24, 2.45) is 0 Å². The van der Waals surface area contributed by atoms with Crippen molar-refractivity contribution in [3.8, 4) is 0 Å². The average Bonchev–Trinajstić information content (AvgIpc) is 3.03. The summed E-state index contributed by atoms with van der Waals surface area (Å²) in [5.41, 5.74) is 3.79. The standard InChI is InChI=1S/C22H28N2O4S/c1-6-8-17-11-18(29-16(17)4)22(27)28-13-20(26)24(5)12-19(25)23-21-14(2)9-7-10-15(21)3/h7,9-11H,6,8,12-13H2,1-5H3,(H,23,25). The monoisotopic (exact) mass is 416 g/mol. The van der Waals surface area contributed by atoms with E-state index in [0.29, 0.717) is 4.88 Å². The van der Waals surface area contributed by atoms with Crippen LogP contribution in [0.4, 0.5) is 5.69 Å². The summed E-state index contributed by atoms with van der Waals surface area (Å²) in [6.45, 7) is 7.36. The van der Waals surface area contributed by atoms with Gasteiger partial charge in [0, 0.05) is 17.6 Å². The minimum absolute atomic E-state index is 0.122. The van der Waals surface area contributed by atoms with Crippen molar-refractivity contribution in [1.82, 2.24) is 4.90 Å². The van der Waals surface area contributed by atoms with Gasteiger partial charge in [0.15, 0.2) is 6.61 Å². The molecule has 0 radical (unpaired) electrons. The fourth-order valence-electron chi connectivity index (χ4n) is 2.94. The molecular formula is C22H28N2O4S. The molecule has 0 saturated carbocycles. The summed E-state index contributed by atoms with van der Waals surface area (Å²) in [7, 11) is 1.51. The number of amides is 2. The van der Waals surface area contributed by atoms with E-state index in [1.54, 1.807) is 0 Å².